The zero-order valence-corrected chi connectivity index (χ0v) is 14.5. The SMILES string of the molecule is CC1(c2noc(C3CCOCC3)n2)CCCN(C(=O)CC2CC2)C1. The van der Waals surface area contributed by atoms with E-state index in [2.05, 4.69) is 12.1 Å². The molecule has 1 aliphatic carbocycles. The summed E-state index contributed by atoms with van der Waals surface area (Å²) in [5, 5.41) is 4.29. The summed E-state index contributed by atoms with van der Waals surface area (Å²) in [6.07, 6.45) is 7.07. The minimum atomic E-state index is -0.190. The zero-order valence-electron chi connectivity index (χ0n) is 14.5. The van der Waals surface area contributed by atoms with Crippen LogP contribution in [0.1, 0.15) is 69.5 Å². The molecule has 3 fully saturated rings. The Labute approximate surface area is 142 Å². The highest BCUT2D eigenvalue weighted by Crippen LogP contribution is 2.36. The van der Waals surface area contributed by atoms with Gasteiger partial charge in [-0.2, -0.15) is 4.98 Å². The smallest absolute Gasteiger partial charge is 0.229 e. The van der Waals surface area contributed by atoms with Crippen LogP contribution >= 0.6 is 0 Å². The van der Waals surface area contributed by atoms with Gasteiger partial charge in [0.05, 0.1) is 0 Å². The van der Waals surface area contributed by atoms with Gasteiger partial charge in [-0.15, -0.1) is 0 Å². The lowest BCUT2D eigenvalue weighted by atomic mass is 9.81. The first-order valence-electron chi connectivity index (χ1n) is 9.34. The molecule has 6 heteroatoms. The Morgan fingerprint density at radius 2 is 2.08 bits per heavy atom. The maximum absolute atomic E-state index is 12.5. The van der Waals surface area contributed by atoms with Gasteiger partial charge >= 0.3 is 0 Å². The minimum Gasteiger partial charge on any atom is -0.381 e. The Kier molecular flexibility index (Phi) is 4.33. The minimum absolute atomic E-state index is 0.190. The summed E-state index contributed by atoms with van der Waals surface area (Å²) >= 11 is 0. The van der Waals surface area contributed by atoms with Crippen molar-refractivity contribution in [2.75, 3.05) is 26.3 Å². The summed E-state index contributed by atoms with van der Waals surface area (Å²) < 4.78 is 11.0. The second kappa shape index (κ2) is 6.47. The third-order valence-electron chi connectivity index (χ3n) is 5.76. The van der Waals surface area contributed by atoms with E-state index in [1.807, 2.05) is 4.90 Å². The van der Waals surface area contributed by atoms with Gasteiger partial charge in [0.2, 0.25) is 11.8 Å². The predicted octanol–water partition coefficient (Wildman–Crippen LogP) is 2.64. The lowest BCUT2D eigenvalue weighted by Gasteiger charge is -2.38. The van der Waals surface area contributed by atoms with Crippen molar-refractivity contribution in [3.63, 3.8) is 0 Å². The van der Waals surface area contributed by atoms with Gasteiger partial charge in [0.15, 0.2) is 5.82 Å². The molecule has 3 heterocycles. The molecule has 1 aromatic heterocycles. The Hall–Kier alpha value is -1.43. The molecule has 1 amide bonds. The Morgan fingerprint density at radius 3 is 2.83 bits per heavy atom. The fourth-order valence-corrected chi connectivity index (χ4v) is 3.92. The molecule has 0 bridgehead atoms. The molecule has 6 nitrogen and oxygen atoms in total. The summed E-state index contributed by atoms with van der Waals surface area (Å²) in [7, 11) is 0. The van der Waals surface area contributed by atoms with E-state index in [0.29, 0.717) is 24.3 Å². The molecule has 0 radical (unpaired) electrons. The van der Waals surface area contributed by atoms with Gasteiger partial charge in [-0.1, -0.05) is 12.1 Å². The topological polar surface area (TPSA) is 68.5 Å². The molecule has 1 aromatic rings. The predicted molar refractivity (Wildman–Crippen MR) is 87.6 cm³/mol. The number of carbonyl (C=O) groups excluding carboxylic acids is 1. The average Bonchev–Trinajstić information content (AvgIpc) is 3.26. The standard InChI is InChI=1S/C18H27N3O3/c1-18(7-2-8-21(12-18)15(22)11-13-3-4-13)17-19-16(24-20-17)14-5-9-23-10-6-14/h13-14H,2-12H2,1H3. The first-order chi connectivity index (χ1) is 11.6. The molecule has 1 saturated carbocycles. The van der Waals surface area contributed by atoms with Crippen LogP contribution in [-0.2, 0) is 14.9 Å². The van der Waals surface area contributed by atoms with E-state index < -0.39 is 0 Å². The Morgan fingerprint density at radius 1 is 1.29 bits per heavy atom. The number of amides is 1. The van der Waals surface area contributed by atoms with Crippen molar-refractivity contribution < 1.29 is 14.1 Å². The van der Waals surface area contributed by atoms with Crippen molar-refractivity contribution in [1.29, 1.82) is 0 Å². The van der Waals surface area contributed by atoms with Gasteiger partial charge in [-0.25, -0.2) is 0 Å². The molecular weight excluding hydrogens is 306 g/mol. The lowest BCUT2D eigenvalue weighted by molar-refractivity contribution is -0.133. The molecule has 2 aliphatic heterocycles. The Balaban J connectivity index is 1.45. The van der Waals surface area contributed by atoms with Gasteiger partial charge < -0.3 is 14.2 Å². The monoisotopic (exact) mass is 333 g/mol. The van der Waals surface area contributed by atoms with Gasteiger partial charge in [0.1, 0.15) is 0 Å². The maximum atomic E-state index is 12.5. The molecule has 132 valence electrons. The molecule has 3 aliphatic rings. The fraction of sp³-hybridized carbons (Fsp3) is 0.833. The maximum Gasteiger partial charge on any atom is 0.229 e. The van der Waals surface area contributed by atoms with Crippen molar-refractivity contribution >= 4 is 5.91 Å². The van der Waals surface area contributed by atoms with Crippen molar-refractivity contribution in [3.8, 4) is 0 Å². The number of nitrogens with zero attached hydrogens (tertiary/aromatic N) is 3. The van der Waals surface area contributed by atoms with Crippen LogP contribution in [0.25, 0.3) is 0 Å². The first kappa shape index (κ1) is 16.1. The van der Waals surface area contributed by atoms with Crippen molar-refractivity contribution in [2.24, 2.45) is 5.92 Å². The van der Waals surface area contributed by atoms with Crippen LogP contribution in [-0.4, -0.2) is 47.3 Å². The van der Waals surface area contributed by atoms with Crippen LogP contribution in [0.5, 0.6) is 0 Å². The quantitative estimate of drug-likeness (QED) is 0.847. The van der Waals surface area contributed by atoms with Gasteiger partial charge in [0, 0.05) is 44.1 Å². The molecule has 4 rings (SSSR count). The summed E-state index contributed by atoms with van der Waals surface area (Å²) in [4.78, 5) is 19.2. The van der Waals surface area contributed by atoms with Crippen molar-refractivity contribution in [1.82, 2.24) is 15.0 Å². The first-order valence-corrected chi connectivity index (χ1v) is 9.34. The van der Waals surface area contributed by atoms with E-state index in [1.54, 1.807) is 0 Å². The van der Waals surface area contributed by atoms with Crippen molar-refractivity contribution in [3.05, 3.63) is 11.7 Å². The van der Waals surface area contributed by atoms with E-state index in [9.17, 15) is 4.79 Å². The van der Waals surface area contributed by atoms with Crippen LogP contribution in [0.4, 0.5) is 0 Å². The molecule has 0 spiro atoms. The van der Waals surface area contributed by atoms with Crippen LogP contribution in [0, 0.1) is 5.92 Å². The number of hydrogen-bond acceptors (Lipinski definition) is 5. The Bertz CT molecular complexity index is 592. The number of aromatic nitrogens is 2. The molecular formula is C18H27N3O3. The summed E-state index contributed by atoms with van der Waals surface area (Å²) in [6.45, 7) is 5.28. The highest BCUT2D eigenvalue weighted by atomic mass is 16.5. The molecule has 2 saturated heterocycles. The van der Waals surface area contributed by atoms with E-state index in [1.165, 1.54) is 12.8 Å². The molecule has 0 aromatic carbocycles. The van der Waals surface area contributed by atoms with E-state index in [0.717, 1.165) is 63.6 Å². The number of hydrogen-bond donors (Lipinski definition) is 0. The second-order valence-electron chi connectivity index (χ2n) is 7.97. The summed E-state index contributed by atoms with van der Waals surface area (Å²) in [5.74, 6) is 2.77. The van der Waals surface area contributed by atoms with E-state index in [-0.39, 0.29) is 5.41 Å². The van der Waals surface area contributed by atoms with Gasteiger partial charge in [-0.05, 0) is 44.4 Å². The third kappa shape index (κ3) is 3.34. The average molecular weight is 333 g/mol. The number of piperidine rings is 1. The summed E-state index contributed by atoms with van der Waals surface area (Å²) in [6, 6.07) is 0. The van der Waals surface area contributed by atoms with E-state index >= 15 is 0 Å². The highest BCUT2D eigenvalue weighted by molar-refractivity contribution is 5.77. The molecule has 1 atom stereocenters. The number of carbonyl (C=O) groups is 1. The zero-order chi connectivity index (χ0) is 16.6. The van der Waals surface area contributed by atoms with Crippen LogP contribution in [0.2, 0.25) is 0 Å². The molecule has 1 unspecified atom stereocenters. The second-order valence-corrected chi connectivity index (χ2v) is 7.97. The molecule has 24 heavy (non-hydrogen) atoms. The van der Waals surface area contributed by atoms with Crippen LogP contribution in [0.15, 0.2) is 4.52 Å². The van der Waals surface area contributed by atoms with Gasteiger partial charge in [0.25, 0.3) is 0 Å². The summed E-state index contributed by atoms with van der Waals surface area (Å²) in [5.41, 5.74) is -0.190. The molecule has 0 N–H and O–H groups in total. The van der Waals surface area contributed by atoms with Crippen molar-refractivity contribution in [2.45, 2.75) is 63.2 Å². The van der Waals surface area contributed by atoms with E-state index in [4.69, 9.17) is 14.2 Å². The lowest BCUT2D eigenvalue weighted by Crippen LogP contribution is -2.47. The third-order valence-corrected chi connectivity index (χ3v) is 5.76. The van der Waals surface area contributed by atoms with Crippen LogP contribution in [0.3, 0.4) is 0 Å². The largest absolute Gasteiger partial charge is 0.381 e. The fourth-order valence-electron chi connectivity index (χ4n) is 3.92. The highest BCUT2D eigenvalue weighted by Gasteiger charge is 2.40. The van der Waals surface area contributed by atoms with Crippen LogP contribution < -0.4 is 0 Å². The normalized spacial score (nSPS) is 29.0. The number of rotatable bonds is 4. The number of likely N-dealkylation sites (tertiary alicyclic amines) is 1. The number of ether oxygens (including phenoxy) is 1. The van der Waals surface area contributed by atoms with Gasteiger partial charge in [-0.3, -0.25) is 4.79 Å².